The molecule has 1 unspecified atom stereocenters. The van der Waals surface area contributed by atoms with Gasteiger partial charge in [0.05, 0.1) is 6.10 Å². The van der Waals surface area contributed by atoms with Crippen LogP contribution in [0.2, 0.25) is 0 Å². The predicted octanol–water partition coefficient (Wildman–Crippen LogP) is 3.76. The van der Waals surface area contributed by atoms with Gasteiger partial charge in [0.2, 0.25) is 0 Å². The summed E-state index contributed by atoms with van der Waals surface area (Å²) in [6, 6.07) is 14.5. The quantitative estimate of drug-likeness (QED) is 0.799. The molecule has 0 aromatic heterocycles. The van der Waals surface area contributed by atoms with Crippen LogP contribution in [-0.4, -0.2) is 17.1 Å². The number of benzene rings is 2. The number of alkyl halides is 1. The van der Waals surface area contributed by atoms with E-state index in [0.717, 1.165) is 12.8 Å². The van der Waals surface area contributed by atoms with Crippen LogP contribution in [0.15, 0.2) is 42.5 Å². The number of aliphatic hydroxyl groups excluding tert-OH is 1. The maximum atomic E-state index is 9.93. The lowest BCUT2D eigenvalue weighted by atomic mass is 9.98. The Morgan fingerprint density at radius 1 is 1.06 bits per heavy atom. The van der Waals surface area contributed by atoms with Crippen molar-refractivity contribution in [2.75, 3.05) is 5.88 Å². The Balaban J connectivity index is 2.18. The van der Waals surface area contributed by atoms with Crippen LogP contribution >= 0.6 is 11.6 Å². The summed E-state index contributed by atoms with van der Waals surface area (Å²) in [5.41, 5.74) is 1.21. The molecule has 1 nitrogen and oxygen atoms in total. The van der Waals surface area contributed by atoms with Crippen LogP contribution in [0.1, 0.15) is 18.4 Å². The van der Waals surface area contributed by atoms with E-state index in [2.05, 4.69) is 24.3 Å². The van der Waals surface area contributed by atoms with Crippen LogP contribution in [0.4, 0.5) is 0 Å². The van der Waals surface area contributed by atoms with E-state index in [4.69, 9.17) is 11.6 Å². The van der Waals surface area contributed by atoms with Crippen LogP contribution in [0.3, 0.4) is 0 Å². The van der Waals surface area contributed by atoms with Gasteiger partial charge in [0.1, 0.15) is 0 Å². The van der Waals surface area contributed by atoms with Gasteiger partial charge in [0, 0.05) is 5.88 Å². The topological polar surface area (TPSA) is 20.2 Å². The minimum Gasteiger partial charge on any atom is -0.393 e. The molecule has 2 rings (SSSR count). The van der Waals surface area contributed by atoms with Gasteiger partial charge in [-0.2, -0.15) is 0 Å². The molecular weight excluding hydrogens is 232 g/mol. The summed E-state index contributed by atoms with van der Waals surface area (Å²) in [5, 5.41) is 12.4. The van der Waals surface area contributed by atoms with E-state index in [1.54, 1.807) is 0 Å². The largest absolute Gasteiger partial charge is 0.393 e. The van der Waals surface area contributed by atoms with Gasteiger partial charge in [-0.15, -0.1) is 11.6 Å². The van der Waals surface area contributed by atoms with E-state index in [9.17, 15) is 5.11 Å². The van der Waals surface area contributed by atoms with Crippen molar-refractivity contribution < 1.29 is 5.11 Å². The van der Waals surface area contributed by atoms with Gasteiger partial charge in [-0.05, 0) is 35.6 Å². The van der Waals surface area contributed by atoms with Gasteiger partial charge in [0.25, 0.3) is 0 Å². The molecule has 0 amide bonds. The van der Waals surface area contributed by atoms with Crippen molar-refractivity contribution in [3.05, 3.63) is 48.0 Å². The van der Waals surface area contributed by atoms with E-state index in [1.807, 2.05) is 18.2 Å². The summed E-state index contributed by atoms with van der Waals surface area (Å²) in [6.45, 7) is 0. The van der Waals surface area contributed by atoms with Crippen molar-refractivity contribution in [3.8, 4) is 0 Å². The maximum Gasteiger partial charge on any atom is 0.0581 e. The first-order chi connectivity index (χ1) is 8.31. The zero-order valence-corrected chi connectivity index (χ0v) is 10.5. The van der Waals surface area contributed by atoms with Crippen molar-refractivity contribution in [2.24, 2.45) is 0 Å². The van der Waals surface area contributed by atoms with Gasteiger partial charge >= 0.3 is 0 Å². The molecule has 0 radical (unpaired) electrons. The fourth-order valence-corrected chi connectivity index (χ4v) is 2.29. The smallest absolute Gasteiger partial charge is 0.0581 e. The fourth-order valence-electron chi connectivity index (χ4n) is 2.14. The van der Waals surface area contributed by atoms with Gasteiger partial charge in [0.15, 0.2) is 0 Å². The van der Waals surface area contributed by atoms with Crippen LogP contribution in [-0.2, 0) is 6.42 Å². The third kappa shape index (κ3) is 3.21. The van der Waals surface area contributed by atoms with Crippen molar-refractivity contribution in [3.63, 3.8) is 0 Å². The molecule has 0 heterocycles. The molecule has 0 spiro atoms. The first-order valence-electron chi connectivity index (χ1n) is 6.02. The van der Waals surface area contributed by atoms with Gasteiger partial charge in [-0.3, -0.25) is 0 Å². The van der Waals surface area contributed by atoms with E-state index in [0.29, 0.717) is 12.3 Å². The van der Waals surface area contributed by atoms with Crippen LogP contribution < -0.4 is 0 Å². The summed E-state index contributed by atoms with van der Waals surface area (Å²) in [6.07, 6.45) is 2.05. The predicted molar refractivity (Wildman–Crippen MR) is 73.6 cm³/mol. The molecule has 0 aliphatic rings. The Morgan fingerprint density at radius 2 is 1.82 bits per heavy atom. The molecule has 2 heteroatoms. The lowest BCUT2D eigenvalue weighted by Crippen LogP contribution is -2.10. The average molecular weight is 249 g/mol. The normalized spacial score (nSPS) is 12.8. The molecule has 90 valence electrons. The first kappa shape index (κ1) is 12.4. The molecule has 1 N–H and O–H groups in total. The molecule has 0 aliphatic heterocycles. The Morgan fingerprint density at radius 3 is 2.65 bits per heavy atom. The Bertz CT molecular complexity index is 476. The molecule has 2 aromatic carbocycles. The summed E-state index contributed by atoms with van der Waals surface area (Å²) in [7, 11) is 0. The van der Waals surface area contributed by atoms with Gasteiger partial charge < -0.3 is 5.11 Å². The molecule has 17 heavy (non-hydrogen) atoms. The van der Waals surface area contributed by atoms with E-state index >= 15 is 0 Å². The number of hydrogen-bond acceptors (Lipinski definition) is 1. The number of aliphatic hydroxyl groups is 1. The van der Waals surface area contributed by atoms with Crippen LogP contribution in [0.5, 0.6) is 0 Å². The molecule has 1 atom stereocenters. The summed E-state index contributed by atoms with van der Waals surface area (Å²) >= 11 is 5.63. The molecule has 0 saturated heterocycles. The fraction of sp³-hybridized carbons (Fsp3) is 0.333. The third-order valence-electron chi connectivity index (χ3n) is 3.01. The SMILES string of the molecule is OC(CCCCl)Cc1cccc2ccccc12. The zero-order valence-electron chi connectivity index (χ0n) is 9.77. The second-order valence-electron chi connectivity index (χ2n) is 4.33. The first-order valence-corrected chi connectivity index (χ1v) is 6.55. The number of halogens is 1. The average Bonchev–Trinajstić information content (AvgIpc) is 2.37. The number of rotatable bonds is 5. The molecule has 0 aliphatic carbocycles. The Kier molecular flexibility index (Phi) is 4.41. The summed E-state index contributed by atoms with van der Waals surface area (Å²) in [5.74, 6) is 0.618. The van der Waals surface area contributed by atoms with E-state index < -0.39 is 0 Å². The highest BCUT2D eigenvalue weighted by atomic mass is 35.5. The van der Waals surface area contributed by atoms with Gasteiger partial charge in [-0.25, -0.2) is 0 Å². The standard InChI is InChI=1S/C15H17ClO/c16-10-4-8-14(17)11-13-7-3-6-12-5-1-2-9-15(12)13/h1-3,5-7,9,14,17H,4,8,10-11H2. The highest BCUT2D eigenvalue weighted by molar-refractivity contribution is 6.17. The van der Waals surface area contributed by atoms with E-state index in [1.165, 1.54) is 16.3 Å². The maximum absolute atomic E-state index is 9.93. The van der Waals surface area contributed by atoms with Crippen molar-refractivity contribution >= 4 is 22.4 Å². The monoisotopic (exact) mass is 248 g/mol. The van der Waals surface area contributed by atoms with Crippen molar-refractivity contribution in [1.82, 2.24) is 0 Å². The molecule has 0 fully saturated rings. The zero-order chi connectivity index (χ0) is 12.1. The summed E-state index contributed by atoms with van der Waals surface area (Å²) < 4.78 is 0. The molecular formula is C15H17ClO. The molecule has 2 aromatic rings. The molecule has 0 bridgehead atoms. The molecule has 0 saturated carbocycles. The van der Waals surface area contributed by atoms with Crippen LogP contribution in [0, 0.1) is 0 Å². The third-order valence-corrected chi connectivity index (χ3v) is 3.27. The highest BCUT2D eigenvalue weighted by Crippen LogP contribution is 2.20. The number of hydrogen-bond donors (Lipinski definition) is 1. The van der Waals surface area contributed by atoms with E-state index in [-0.39, 0.29) is 6.10 Å². The number of fused-ring (bicyclic) bond motifs is 1. The Hall–Kier alpha value is -1.05. The van der Waals surface area contributed by atoms with Crippen molar-refractivity contribution in [1.29, 1.82) is 0 Å². The minimum absolute atomic E-state index is 0.292. The van der Waals surface area contributed by atoms with Crippen LogP contribution in [0.25, 0.3) is 10.8 Å². The second kappa shape index (κ2) is 6.04. The lowest BCUT2D eigenvalue weighted by Gasteiger charge is -2.11. The summed E-state index contributed by atoms with van der Waals surface area (Å²) in [4.78, 5) is 0. The minimum atomic E-state index is -0.292. The Labute approximate surface area is 107 Å². The second-order valence-corrected chi connectivity index (χ2v) is 4.71. The van der Waals surface area contributed by atoms with Gasteiger partial charge in [-0.1, -0.05) is 42.5 Å². The van der Waals surface area contributed by atoms with Crippen molar-refractivity contribution in [2.45, 2.75) is 25.4 Å². The lowest BCUT2D eigenvalue weighted by molar-refractivity contribution is 0.164. The highest BCUT2D eigenvalue weighted by Gasteiger charge is 2.07.